The first kappa shape index (κ1) is 13.9. The van der Waals surface area contributed by atoms with Crippen LogP contribution >= 0.6 is 15.9 Å². The van der Waals surface area contributed by atoms with Gasteiger partial charge in [-0.3, -0.25) is 4.79 Å². The smallest absolute Gasteiger partial charge is 0.328 e. The summed E-state index contributed by atoms with van der Waals surface area (Å²) in [6.07, 6.45) is 1.45. The van der Waals surface area contributed by atoms with E-state index in [2.05, 4.69) is 15.9 Å². The van der Waals surface area contributed by atoms with E-state index in [0.29, 0.717) is 28.7 Å². The van der Waals surface area contributed by atoms with Crippen LogP contribution in [0.25, 0.3) is 0 Å². The lowest BCUT2D eigenvalue weighted by Crippen LogP contribution is -2.41. The number of carbonyl (C=O) groups excluding carboxylic acids is 2. The number of amides is 1. The number of halogens is 1. The first-order chi connectivity index (χ1) is 9.04. The highest BCUT2D eigenvalue weighted by Crippen LogP contribution is 2.25. The van der Waals surface area contributed by atoms with Crippen molar-refractivity contribution in [2.75, 3.05) is 19.4 Å². The minimum absolute atomic E-state index is 0.173. The molecule has 0 spiro atoms. The van der Waals surface area contributed by atoms with Gasteiger partial charge in [-0.25, -0.2) is 4.79 Å². The Morgan fingerprint density at radius 1 is 1.47 bits per heavy atom. The molecule has 0 aliphatic carbocycles. The van der Waals surface area contributed by atoms with Gasteiger partial charge in [0.1, 0.15) is 6.04 Å². The maximum Gasteiger partial charge on any atom is 0.328 e. The lowest BCUT2D eigenvalue weighted by Gasteiger charge is -2.22. The third kappa shape index (κ3) is 2.73. The summed E-state index contributed by atoms with van der Waals surface area (Å²) in [6.45, 7) is 0.570. The van der Waals surface area contributed by atoms with Crippen molar-refractivity contribution in [1.82, 2.24) is 4.90 Å². The van der Waals surface area contributed by atoms with E-state index >= 15 is 0 Å². The summed E-state index contributed by atoms with van der Waals surface area (Å²) in [7, 11) is 1.34. The summed E-state index contributed by atoms with van der Waals surface area (Å²) in [5.41, 5.74) is 6.78. The third-order valence-corrected chi connectivity index (χ3v) is 3.92. The van der Waals surface area contributed by atoms with Gasteiger partial charge in [0.15, 0.2) is 0 Å². The molecule has 1 aliphatic heterocycles. The second-order valence-electron chi connectivity index (χ2n) is 4.42. The lowest BCUT2D eigenvalue weighted by molar-refractivity contribution is -0.145. The first-order valence-electron chi connectivity index (χ1n) is 5.98. The topological polar surface area (TPSA) is 72.6 Å². The zero-order chi connectivity index (χ0) is 14.0. The third-order valence-electron chi connectivity index (χ3n) is 3.23. The molecule has 1 aliphatic rings. The van der Waals surface area contributed by atoms with Gasteiger partial charge in [-0.2, -0.15) is 0 Å². The van der Waals surface area contributed by atoms with Crippen molar-refractivity contribution in [2.45, 2.75) is 18.9 Å². The Balaban J connectivity index is 2.23. The molecule has 19 heavy (non-hydrogen) atoms. The van der Waals surface area contributed by atoms with Crippen LogP contribution in [0, 0.1) is 0 Å². The fraction of sp³-hybridized carbons (Fsp3) is 0.385. The largest absolute Gasteiger partial charge is 0.467 e. The molecule has 1 atom stereocenters. The molecule has 1 amide bonds. The van der Waals surface area contributed by atoms with E-state index in [1.807, 2.05) is 0 Å². The number of nitrogens with two attached hydrogens (primary N) is 1. The molecule has 1 saturated heterocycles. The van der Waals surface area contributed by atoms with E-state index in [-0.39, 0.29) is 11.9 Å². The zero-order valence-electron chi connectivity index (χ0n) is 10.6. The van der Waals surface area contributed by atoms with E-state index < -0.39 is 6.04 Å². The molecule has 0 bridgehead atoms. The number of ether oxygens (including phenoxy) is 1. The molecule has 2 N–H and O–H groups in total. The van der Waals surface area contributed by atoms with Crippen LogP contribution in [0.5, 0.6) is 0 Å². The average Bonchev–Trinajstić information content (AvgIpc) is 2.89. The molecule has 0 aromatic heterocycles. The second-order valence-corrected chi connectivity index (χ2v) is 5.27. The van der Waals surface area contributed by atoms with Crippen LogP contribution in [-0.4, -0.2) is 36.5 Å². The molecule has 102 valence electrons. The lowest BCUT2D eigenvalue weighted by atomic mass is 10.1. The Kier molecular flexibility index (Phi) is 4.09. The zero-order valence-corrected chi connectivity index (χ0v) is 12.1. The molecular weight excluding hydrogens is 312 g/mol. The van der Waals surface area contributed by atoms with Crippen molar-refractivity contribution in [3.8, 4) is 0 Å². The Bertz CT molecular complexity index is 519. The summed E-state index contributed by atoms with van der Waals surface area (Å²) in [5, 5.41) is 0. The Morgan fingerprint density at radius 2 is 2.21 bits per heavy atom. The number of hydrogen-bond donors (Lipinski definition) is 1. The van der Waals surface area contributed by atoms with Gasteiger partial charge in [0, 0.05) is 22.3 Å². The van der Waals surface area contributed by atoms with E-state index in [0.717, 1.165) is 6.42 Å². The van der Waals surface area contributed by atoms with E-state index in [1.54, 1.807) is 23.1 Å². The van der Waals surface area contributed by atoms with Gasteiger partial charge in [-0.15, -0.1) is 0 Å². The van der Waals surface area contributed by atoms with E-state index in [9.17, 15) is 9.59 Å². The van der Waals surface area contributed by atoms with Crippen molar-refractivity contribution in [1.29, 1.82) is 0 Å². The SMILES string of the molecule is COC(=O)C1CCCN1C(=O)c1ccc(N)c(Br)c1. The number of esters is 1. The summed E-state index contributed by atoms with van der Waals surface area (Å²) in [5.74, 6) is -0.533. The van der Waals surface area contributed by atoms with Gasteiger partial charge in [0.05, 0.1) is 7.11 Å². The maximum atomic E-state index is 12.4. The Morgan fingerprint density at radius 3 is 2.84 bits per heavy atom. The summed E-state index contributed by atoms with van der Waals surface area (Å²) in [4.78, 5) is 25.6. The van der Waals surface area contributed by atoms with Crippen LogP contribution in [-0.2, 0) is 9.53 Å². The monoisotopic (exact) mass is 326 g/mol. The highest BCUT2D eigenvalue weighted by molar-refractivity contribution is 9.10. The van der Waals surface area contributed by atoms with E-state index in [1.165, 1.54) is 7.11 Å². The van der Waals surface area contributed by atoms with Gasteiger partial charge in [0.25, 0.3) is 5.91 Å². The van der Waals surface area contributed by atoms with Gasteiger partial charge < -0.3 is 15.4 Å². The summed E-state index contributed by atoms with van der Waals surface area (Å²) >= 11 is 3.29. The number of carbonyl (C=O) groups is 2. The predicted molar refractivity (Wildman–Crippen MR) is 74.6 cm³/mol. The highest BCUT2D eigenvalue weighted by Gasteiger charge is 2.35. The van der Waals surface area contributed by atoms with Crippen LogP contribution in [0.3, 0.4) is 0 Å². The average molecular weight is 327 g/mol. The number of methoxy groups -OCH3 is 1. The maximum absolute atomic E-state index is 12.4. The van der Waals surface area contributed by atoms with Crippen molar-refractivity contribution >= 4 is 33.5 Å². The Hall–Kier alpha value is -1.56. The number of benzene rings is 1. The van der Waals surface area contributed by atoms with Crippen molar-refractivity contribution in [2.24, 2.45) is 0 Å². The minimum Gasteiger partial charge on any atom is -0.467 e. The van der Waals surface area contributed by atoms with Gasteiger partial charge in [0.2, 0.25) is 0 Å². The van der Waals surface area contributed by atoms with Gasteiger partial charge in [-0.1, -0.05) is 0 Å². The highest BCUT2D eigenvalue weighted by atomic mass is 79.9. The van der Waals surface area contributed by atoms with Gasteiger partial charge >= 0.3 is 5.97 Å². The fourth-order valence-electron chi connectivity index (χ4n) is 2.22. The number of hydrogen-bond acceptors (Lipinski definition) is 4. The molecule has 0 radical (unpaired) electrons. The van der Waals surface area contributed by atoms with Crippen LogP contribution in [0.1, 0.15) is 23.2 Å². The number of likely N-dealkylation sites (tertiary alicyclic amines) is 1. The fourth-order valence-corrected chi connectivity index (χ4v) is 2.60. The Labute approximate surface area is 119 Å². The van der Waals surface area contributed by atoms with E-state index in [4.69, 9.17) is 10.5 Å². The number of nitrogens with zero attached hydrogens (tertiary/aromatic N) is 1. The molecule has 1 unspecified atom stereocenters. The number of anilines is 1. The molecule has 6 heteroatoms. The first-order valence-corrected chi connectivity index (χ1v) is 6.77. The molecule has 5 nitrogen and oxygen atoms in total. The minimum atomic E-state index is -0.478. The molecule has 1 aromatic carbocycles. The summed E-state index contributed by atoms with van der Waals surface area (Å²) in [6, 6.07) is 4.52. The van der Waals surface area contributed by atoms with Crippen LogP contribution < -0.4 is 5.73 Å². The molecule has 1 heterocycles. The van der Waals surface area contributed by atoms with Crippen LogP contribution in [0.2, 0.25) is 0 Å². The molecular formula is C13H15BrN2O3. The van der Waals surface area contributed by atoms with Crippen molar-refractivity contribution in [3.05, 3.63) is 28.2 Å². The van der Waals surface area contributed by atoms with Gasteiger partial charge in [-0.05, 0) is 47.0 Å². The normalized spacial score (nSPS) is 18.4. The summed E-state index contributed by atoms with van der Waals surface area (Å²) < 4.78 is 5.40. The molecule has 1 aromatic rings. The van der Waals surface area contributed by atoms with Crippen LogP contribution in [0.15, 0.2) is 22.7 Å². The standard InChI is InChI=1S/C13H15BrN2O3/c1-19-13(18)11-3-2-6-16(11)12(17)8-4-5-10(15)9(14)7-8/h4-5,7,11H,2-3,6,15H2,1H3. The number of nitrogen functional groups attached to an aromatic ring is 1. The number of rotatable bonds is 2. The predicted octanol–water partition coefficient (Wildman–Crippen LogP) is 1.81. The second kappa shape index (κ2) is 5.61. The molecule has 2 rings (SSSR count). The van der Waals surface area contributed by atoms with Crippen molar-refractivity contribution in [3.63, 3.8) is 0 Å². The molecule has 0 saturated carbocycles. The van der Waals surface area contributed by atoms with Crippen LogP contribution in [0.4, 0.5) is 5.69 Å². The molecule has 1 fully saturated rings. The van der Waals surface area contributed by atoms with Crippen molar-refractivity contribution < 1.29 is 14.3 Å². The quantitative estimate of drug-likeness (QED) is 0.664.